The summed E-state index contributed by atoms with van der Waals surface area (Å²) in [7, 11) is 1.71. The molecule has 0 fully saturated rings. The highest BCUT2D eigenvalue weighted by Gasteiger charge is 2.16. The maximum Gasteiger partial charge on any atom is 0.365 e. The van der Waals surface area contributed by atoms with Crippen molar-refractivity contribution in [2.75, 3.05) is 20.3 Å². The van der Waals surface area contributed by atoms with Gasteiger partial charge in [-0.2, -0.15) is 5.10 Å². The van der Waals surface area contributed by atoms with E-state index in [1.807, 2.05) is 53.0 Å². The zero-order chi connectivity index (χ0) is 26.6. The molecule has 0 saturated carbocycles. The molecule has 0 bridgehead atoms. The molecule has 0 radical (unpaired) electrons. The molecule has 6 rings (SSSR count). The molecule has 6 aromatic rings. The van der Waals surface area contributed by atoms with Crippen molar-refractivity contribution in [3.8, 4) is 27.6 Å². The highest BCUT2D eigenvalue weighted by Crippen LogP contribution is 2.30. The highest BCUT2D eigenvalue weighted by molar-refractivity contribution is 7.19. The molecule has 0 N–H and O–H groups in total. The molecule has 3 heterocycles. The number of carbonyl (C=O) groups excluding carboxylic acids is 1. The average Bonchev–Trinajstić information content (AvgIpc) is 3.68. The van der Waals surface area contributed by atoms with Crippen LogP contribution >= 0.6 is 11.3 Å². The summed E-state index contributed by atoms with van der Waals surface area (Å²) in [5.74, 6) is 0.294. The van der Waals surface area contributed by atoms with Gasteiger partial charge in [0.1, 0.15) is 21.8 Å². The Hall–Kier alpha value is -4.61. The molecular formula is C28H24N6O4S. The quantitative estimate of drug-likeness (QED) is 0.178. The van der Waals surface area contributed by atoms with Crippen LogP contribution in [0.5, 0.6) is 5.75 Å². The second-order valence-electron chi connectivity index (χ2n) is 8.72. The van der Waals surface area contributed by atoms with Gasteiger partial charge in [0.25, 0.3) is 0 Å². The maximum atomic E-state index is 12.7. The Morgan fingerprint density at radius 1 is 0.923 bits per heavy atom. The minimum absolute atomic E-state index is 0.388. The Balaban J connectivity index is 1.15. The fourth-order valence-electron chi connectivity index (χ4n) is 4.06. The zero-order valence-corrected chi connectivity index (χ0v) is 21.9. The number of hydrogen-bond acceptors (Lipinski definition) is 9. The van der Waals surface area contributed by atoms with Crippen molar-refractivity contribution in [2.24, 2.45) is 0 Å². The van der Waals surface area contributed by atoms with E-state index in [-0.39, 0.29) is 0 Å². The van der Waals surface area contributed by atoms with E-state index in [4.69, 9.17) is 19.4 Å². The van der Waals surface area contributed by atoms with Crippen LogP contribution in [0, 0.1) is 0 Å². The molecule has 39 heavy (non-hydrogen) atoms. The van der Waals surface area contributed by atoms with Gasteiger partial charge in [-0.15, -0.1) is 5.10 Å². The number of aromatic nitrogens is 6. The van der Waals surface area contributed by atoms with Crippen LogP contribution in [0.2, 0.25) is 0 Å². The summed E-state index contributed by atoms with van der Waals surface area (Å²) < 4.78 is 12.7. The van der Waals surface area contributed by atoms with Crippen LogP contribution in [0.15, 0.2) is 79.0 Å². The Labute approximate surface area is 227 Å². The van der Waals surface area contributed by atoms with Gasteiger partial charge in [0.15, 0.2) is 0 Å². The molecule has 0 aliphatic rings. The Bertz CT molecular complexity index is 1720. The van der Waals surface area contributed by atoms with Crippen LogP contribution in [0.4, 0.5) is 0 Å². The lowest BCUT2D eigenvalue weighted by Gasteiger charge is -2.06. The topological polar surface area (TPSA) is 106 Å². The number of imidazole rings is 1. The molecule has 0 aliphatic carbocycles. The number of rotatable bonds is 10. The van der Waals surface area contributed by atoms with E-state index in [1.54, 1.807) is 37.6 Å². The third kappa shape index (κ3) is 5.22. The van der Waals surface area contributed by atoms with Crippen LogP contribution in [0.3, 0.4) is 0 Å². The van der Waals surface area contributed by atoms with Crippen LogP contribution in [-0.2, 0) is 4.74 Å². The molecular weight excluding hydrogens is 516 g/mol. The molecule has 0 saturated heterocycles. The molecule has 0 amide bonds. The van der Waals surface area contributed by atoms with E-state index >= 15 is 0 Å². The number of unbranched alkanes of at least 4 members (excludes halogenated alkanes) is 1. The van der Waals surface area contributed by atoms with E-state index in [0.717, 1.165) is 56.8 Å². The summed E-state index contributed by atoms with van der Waals surface area (Å²) in [6.45, 7) is 1.40. The van der Waals surface area contributed by atoms with Crippen molar-refractivity contribution in [1.82, 2.24) is 29.8 Å². The van der Waals surface area contributed by atoms with Gasteiger partial charge in [0.2, 0.25) is 4.96 Å². The van der Waals surface area contributed by atoms with Gasteiger partial charge >= 0.3 is 5.97 Å². The summed E-state index contributed by atoms with van der Waals surface area (Å²) in [6, 6.07) is 22.3. The van der Waals surface area contributed by atoms with Crippen molar-refractivity contribution in [2.45, 2.75) is 12.8 Å². The predicted molar refractivity (Wildman–Crippen MR) is 147 cm³/mol. The minimum Gasteiger partial charge on any atom is -0.494 e. The monoisotopic (exact) mass is 540 g/mol. The lowest BCUT2D eigenvalue weighted by molar-refractivity contribution is 0.0409. The van der Waals surface area contributed by atoms with Gasteiger partial charge in [0, 0.05) is 24.8 Å². The summed E-state index contributed by atoms with van der Waals surface area (Å²) in [4.78, 5) is 24.6. The molecule has 0 atom stereocenters. The van der Waals surface area contributed by atoms with Crippen LogP contribution in [0.25, 0.3) is 37.8 Å². The van der Waals surface area contributed by atoms with Crippen LogP contribution in [-0.4, -0.2) is 56.0 Å². The van der Waals surface area contributed by atoms with Crippen LogP contribution in [0.1, 0.15) is 23.2 Å². The third-order valence-corrected chi connectivity index (χ3v) is 7.08. The predicted octanol–water partition coefficient (Wildman–Crippen LogP) is 4.94. The first-order valence-electron chi connectivity index (χ1n) is 12.4. The largest absolute Gasteiger partial charge is 0.494 e. The smallest absolute Gasteiger partial charge is 0.365 e. The normalized spacial score (nSPS) is 11.3. The summed E-state index contributed by atoms with van der Waals surface area (Å²) in [6.07, 6.45) is 3.70. The molecule has 10 nitrogen and oxygen atoms in total. The lowest BCUT2D eigenvalue weighted by Crippen LogP contribution is -2.20. The van der Waals surface area contributed by atoms with E-state index in [1.165, 1.54) is 11.3 Å². The van der Waals surface area contributed by atoms with Gasteiger partial charge in [0.05, 0.1) is 24.1 Å². The first-order valence-corrected chi connectivity index (χ1v) is 13.2. The van der Waals surface area contributed by atoms with E-state index in [0.29, 0.717) is 23.2 Å². The van der Waals surface area contributed by atoms with Crippen molar-refractivity contribution >= 4 is 33.3 Å². The molecule has 3 aromatic heterocycles. The van der Waals surface area contributed by atoms with Gasteiger partial charge in [-0.3, -0.25) is 0 Å². The molecule has 0 aliphatic heterocycles. The third-order valence-electron chi connectivity index (χ3n) is 6.11. The van der Waals surface area contributed by atoms with Gasteiger partial charge < -0.3 is 14.3 Å². The number of nitrogens with zero attached hydrogens (tertiary/aromatic N) is 6. The second kappa shape index (κ2) is 11.0. The number of ether oxygens (including phenoxy) is 2. The van der Waals surface area contributed by atoms with Crippen molar-refractivity contribution in [1.29, 1.82) is 0 Å². The van der Waals surface area contributed by atoms with Gasteiger partial charge in [-0.25, -0.2) is 14.3 Å². The van der Waals surface area contributed by atoms with Crippen LogP contribution < -0.4 is 9.57 Å². The summed E-state index contributed by atoms with van der Waals surface area (Å²) in [5.41, 5.74) is 4.33. The number of para-hydroxylation sites is 1. The van der Waals surface area contributed by atoms with Crippen molar-refractivity contribution < 1.29 is 19.1 Å². The molecule has 11 heteroatoms. The lowest BCUT2D eigenvalue weighted by atomic mass is 10.1. The van der Waals surface area contributed by atoms with E-state index < -0.39 is 5.97 Å². The fourth-order valence-corrected chi connectivity index (χ4v) is 4.94. The Morgan fingerprint density at radius 2 is 1.69 bits per heavy atom. The minimum atomic E-state index is -0.533. The standard InChI is InChI=1S/C28H24N6O4S/c1-36-16-4-5-17-37-22-14-12-20(13-15-22)26-31-33-25(18-29-28(33)39-26)19-8-10-21(11-9-19)27(35)38-34-24-7-3-2-6-23(24)30-32-34/h2-3,6-15,18H,4-5,16-17H2,1H3. The first kappa shape index (κ1) is 24.7. The molecule has 196 valence electrons. The number of methoxy groups -OCH3 is 1. The maximum absolute atomic E-state index is 12.7. The second-order valence-corrected chi connectivity index (χ2v) is 9.68. The summed E-state index contributed by atoms with van der Waals surface area (Å²) >= 11 is 1.51. The average molecular weight is 541 g/mol. The number of hydrogen-bond donors (Lipinski definition) is 0. The summed E-state index contributed by atoms with van der Waals surface area (Å²) in [5, 5.41) is 13.5. The van der Waals surface area contributed by atoms with Crippen molar-refractivity contribution in [3.63, 3.8) is 0 Å². The fraction of sp³-hybridized carbons (Fsp3) is 0.179. The molecule has 0 spiro atoms. The number of carbonyl (C=O) groups is 1. The van der Waals surface area contributed by atoms with Gasteiger partial charge in [-0.1, -0.05) is 40.4 Å². The molecule has 3 aromatic carbocycles. The van der Waals surface area contributed by atoms with E-state index in [9.17, 15) is 4.79 Å². The number of fused-ring (bicyclic) bond motifs is 2. The zero-order valence-electron chi connectivity index (χ0n) is 21.1. The van der Waals surface area contributed by atoms with Crippen molar-refractivity contribution in [3.05, 3.63) is 84.6 Å². The Kier molecular flexibility index (Phi) is 6.98. The molecule has 0 unspecified atom stereocenters. The Morgan fingerprint density at radius 3 is 2.51 bits per heavy atom. The van der Waals surface area contributed by atoms with Gasteiger partial charge in [-0.05, 0) is 66.6 Å². The SMILES string of the molecule is COCCCCOc1ccc(-c2nn3c(-c4ccc(C(=O)On5nnc6ccccc65)cc4)cnc3s2)cc1. The highest BCUT2D eigenvalue weighted by atomic mass is 32.1. The first-order chi connectivity index (χ1) is 19.2. The van der Waals surface area contributed by atoms with E-state index in [2.05, 4.69) is 15.3 Å². The number of benzene rings is 3.